The SMILES string of the molecule is CCOc1ccc(C(=O)Nc2ccc(C(N)=O)cc2)cc1Br. The van der Waals surface area contributed by atoms with Crippen molar-refractivity contribution >= 4 is 33.4 Å². The summed E-state index contributed by atoms with van der Waals surface area (Å²) in [6, 6.07) is 11.5. The summed E-state index contributed by atoms with van der Waals surface area (Å²) < 4.78 is 6.12. The van der Waals surface area contributed by atoms with Crippen molar-refractivity contribution in [2.24, 2.45) is 5.73 Å². The van der Waals surface area contributed by atoms with Crippen molar-refractivity contribution < 1.29 is 14.3 Å². The van der Waals surface area contributed by atoms with E-state index >= 15 is 0 Å². The molecule has 0 aliphatic carbocycles. The van der Waals surface area contributed by atoms with E-state index in [4.69, 9.17) is 10.5 Å². The number of nitrogens with one attached hydrogen (secondary N) is 1. The summed E-state index contributed by atoms with van der Waals surface area (Å²) in [6.45, 7) is 2.44. The minimum atomic E-state index is -0.506. The zero-order chi connectivity index (χ0) is 16.1. The van der Waals surface area contributed by atoms with Crippen LogP contribution in [0.5, 0.6) is 5.75 Å². The molecule has 0 fully saturated rings. The van der Waals surface area contributed by atoms with Gasteiger partial charge in [0.25, 0.3) is 5.91 Å². The van der Waals surface area contributed by atoms with E-state index in [-0.39, 0.29) is 5.91 Å². The molecule has 0 spiro atoms. The predicted octanol–water partition coefficient (Wildman–Crippen LogP) is 3.20. The van der Waals surface area contributed by atoms with E-state index in [0.29, 0.717) is 33.6 Å². The number of carbonyl (C=O) groups excluding carboxylic acids is 2. The highest BCUT2D eigenvalue weighted by Gasteiger charge is 2.10. The summed E-state index contributed by atoms with van der Waals surface area (Å²) in [5.74, 6) is -0.0752. The number of amides is 2. The molecule has 0 heterocycles. The third kappa shape index (κ3) is 3.85. The fourth-order valence-corrected chi connectivity index (χ4v) is 2.33. The first-order valence-corrected chi connectivity index (χ1v) is 7.44. The van der Waals surface area contributed by atoms with Crippen LogP contribution < -0.4 is 15.8 Å². The molecule has 2 aromatic carbocycles. The van der Waals surface area contributed by atoms with E-state index < -0.39 is 5.91 Å². The van der Waals surface area contributed by atoms with Gasteiger partial charge in [-0.3, -0.25) is 9.59 Å². The molecule has 2 aromatic rings. The van der Waals surface area contributed by atoms with Crippen LogP contribution in [-0.4, -0.2) is 18.4 Å². The van der Waals surface area contributed by atoms with Crippen LogP contribution in [0, 0.1) is 0 Å². The molecule has 0 radical (unpaired) electrons. The number of benzene rings is 2. The van der Waals surface area contributed by atoms with Crippen LogP contribution in [0.25, 0.3) is 0 Å². The van der Waals surface area contributed by atoms with Gasteiger partial charge in [-0.15, -0.1) is 0 Å². The van der Waals surface area contributed by atoms with Crippen LogP contribution in [0.2, 0.25) is 0 Å². The molecule has 6 heteroatoms. The third-order valence-corrected chi connectivity index (χ3v) is 3.54. The Morgan fingerprint density at radius 3 is 2.32 bits per heavy atom. The Morgan fingerprint density at radius 1 is 1.14 bits per heavy atom. The summed E-state index contributed by atoms with van der Waals surface area (Å²) in [6.07, 6.45) is 0. The third-order valence-electron chi connectivity index (χ3n) is 2.92. The number of hydrogen-bond donors (Lipinski definition) is 2. The second kappa shape index (κ2) is 7.09. The summed E-state index contributed by atoms with van der Waals surface area (Å²) in [4.78, 5) is 23.2. The van der Waals surface area contributed by atoms with Gasteiger partial charge in [0.2, 0.25) is 5.91 Å². The number of ether oxygens (including phenoxy) is 1. The largest absolute Gasteiger partial charge is 0.493 e. The molecule has 0 saturated heterocycles. The van der Waals surface area contributed by atoms with Gasteiger partial charge in [0, 0.05) is 16.8 Å². The summed E-state index contributed by atoms with van der Waals surface area (Å²) in [5, 5.41) is 2.75. The number of rotatable bonds is 5. The Kier molecular flexibility index (Phi) is 5.16. The van der Waals surface area contributed by atoms with E-state index in [9.17, 15) is 9.59 Å². The number of halogens is 1. The molecule has 3 N–H and O–H groups in total. The highest BCUT2D eigenvalue weighted by molar-refractivity contribution is 9.10. The molecule has 0 unspecified atom stereocenters. The summed E-state index contributed by atoms with van der Waals surface area (Å²) in [5.41, 5.74) is 6.64. The number of nitrogens with two attached hydrogens (primary N) is 1. The van der Waals surface area contributed by atoms with E-state index in [0.717, 1.165) is 0 Å². The van der Waals surface area contributed by atoms with Crippen molar-refractivity contribution in [2.45, 2.75) is 6.92 Å². The maximum absolute atomic E-state index is 12.2. The fourth-order valence-electron chi connectivity index (χ4n) is 1.84. The van der Waals surface area contributed by atoms with Crippen LogP contribution in [0.1, 0.15) is 27.6 Å². The molecule has 2 rings (SSSR count). The Morgan fingerprint density at radius 2 is 1.77 bits per heavy atom. The Labute approximate surface area is 136 Å². The van der Waals surface area contributed by atoms with Crippen molar-refractivity contribution in [1.82, 2.24) is 0 Å². The van der Waals surface area contributed by atoms with Crippen molar-refractivity contribution in [3.05, 3.63) is 58.1 Å². The van der Waals surface area contributed by atoms with Crippen molar-refractivity contribution in [2.75, 3.05) is 11.9 Å². The number of carbonyl (C=O) groups is 2. The molecular weight excluding hydrogens is 348 g/mol. The average Bonchev–Trinajstić information content (AvgIpc) is 2.50. The summed E-state index contributed by atoms with van der Waals surface area (Å²) >= 11 is 3.37. The Hall–Kier alpha value is -2.34. The highest BCUT2D eigenvalue weighted by Crippen LogP contribution is 2.26. The molecule has 2 amide bonds. The van der Waals surface area contributed by atoms with Gasteiger partial charge in [0.05, 0.1) is 11.1 Å². The normalized spacial score (nSPS) is 10.1. The zero-order valence-corrected chi connectivity index (χ0v) is 13.5. The van der Waals surface area contributed by atoms with Crippen LogP contribution in [0.3, 0.4) is 0 Å². The van der Waals surface area contributed by atoms with Crippen molar-refractivity contribution in [1.29, 1.82) is 0 Å². The van der Waals surface area contributed by atoms with Crippen LogP contribution in [0.4, 0.5) is 5.69 Å². The Bertz CT molecular complexity index is 699. The summed E-state index contributed by atoms with van der Waals surface area (Å²) in [7, 11) is 0. The van der Waals surface area contributed by atoms with E-state index in [1.54, 1.807) is 42.5 Å². The van der Waals surface area contributed by atoms with E-state index in [1.807, 2.05) is 6.92 Å². The fraction of sp³-hybridized carbons (Fsp3) is 0.125. The van der Waals surface area contributed by atoms with Gasteiger partial charge in [0.15, 0.2) is 0 Å². The smallest absolute Gasteiger partial charge is 0.255 e. The first-order chi connectivity index (χ1) is 10.5. The molecular formula is C16H15BrN2O3. The van der Waals surface area contributed by atoms with Crippen LogP contribution >= 0.6 is 15.9 Å². The van der Waals surface area contributed by atoms with E-state index in [2.05, 4.69) is 21.2 Å². The lowest BCUT2D eigenvalue weighted by molar-refractivity contribution is 0.0998. The number of hydrogen-bond acceptors (Lipinski definition) is 3. The van der Waals surface area contributed by atoms with Gasteiger partial charge in [-0.2, -0.15) is 0 Å². The lowest BCUT2D eigenvalue weighted by Gasteiger charge is -2.09. The van der Waals surface area contributed by atoms with Gasteiger partial charge in [-0.25, -0.2) is 0 Å². The molecule has 0 aromatic heterocycles. The number of primary amides is 1. The standard InChI is InChI=1S/C16H15BrN2O3/c1-2-22-14-8-5-11(9-13(14)17)16(21)19-12-6-3-10(4-7-12)15(18)20/h3-9H,2H2,1H3,(H2,18,20)(H,19,21). The average molecular weight is 363 g/mol. The molecule has 0 bridgehead atoms. The first kappa shape index (κ1) is 16.0. The van der Waals surface area contributed by atoms with Crippen molar-refractivity contribution in [3.63, 3.8) is 0 Å². The molecule has 0 atom stereocenters. The lowest BCUT2D eigenvalue weighted by Crippen LogP contribution is -2.13. The first-order valence-electron chi connectivity index (χ1n) is 6.65. The minimum absolute atomic E-state index is 0.254. The zero-order valence-electron chi connectivity index (χ0n) is 11.9. The topological polar surface area (TPSA) is 81.4 Å². The van der Waals surface area contributed by atoms with Crippen LogP contribution in [-0.2, 0) is 0 Å². The maximum atomic E-state index is 12.2. The quantitative estimate of drug-likeness (QED) is 0.856. The van der Waals surface area contributed by atoms with Gasteiger partial charge in [0.1, 0.15) is 5.75 Å². The minimum Gasteiger partial charge on any atom is -0.493 e. The van der Waals surface area contributed by atoms with Gasteiger partial charge in [-0.1, -0.05) is 0 Å². The number of anilines is 1. The monoisotopic (exact) mass is 362 g/mol. The molecule has 114 valence electrons. The molecule has 22 heavy (non-hydrogen) atoms. The molecule has 0 saturated carbocycles. The van der Waals surface area contributed by atoms with E-state index in [1.165, 1.54) is 0 Å². The predicted molar refractivity (Wildman–Crippen MR) is 88.2 cm³/mol. The Balaban J connectivity index is 2.11. The molecule has 5 nitrogen and oxygen atoms in total. The second-order valence-corrected chi connectivity index (χ2v) is 5.33. The van der Waals surface area contributed by atoms with Crippen LogP contribution in [0.15, 0.2) is 46.9 Å². The van der Waals surface area contributed by atoms with Crippen molar-refractivity contribution in [3.8, 4) is 5.75 Å². The highest BCUT2D eigenvalue weighted by atomic mass is 79.9. The lowest BCUT2D eigenvalue weighted by atomic mass is 10.1. The molecule has 0 aliphatic heterocycles. The maximum Gasteiger partial charge on any atom is 0.255 e. The second-order valence-electron chi connectivity index (χ2n) is 4.47. The van der Waals surface area contributed by atoms with Gasteiger partial charge >= 0.3 is 0 Å². The van der Waals surface area contributed by atoms with Gasteiger partial charge < -0.3 is 15.8 Å². The molecule has 0 aliphatic rings. The van der Waals surface area contributed by atoms with Gasteiger partial charge in [-0.05, 0) is 65.3 Å².